The first-order valence-corrected chi connectivity index (χ1v) is 16.6. The summed E-state index contributed by atoms with van der Waals surface area (Å²) in [6, 6.07) is 16.8. The maximum atomic E-state index is 11.4. The van der Waals surface area contributed by atoms with Gasteiger partial charge < -0.3 is 29.2 Å². The molecule has 11 nitrogen and oxygen atoms in total. The number of likely N-dealkylation sites (tertiary alicyclic amines) is 2. The van der Waals surface area contributed by atoms with E-state index in [4.69, 9.17) is 9.47 Å². The first-order valence-electron chi connectivity index (χ1n) is 16.6. The second kappa shape index (κ2) is 14.9. The standard InChI is InChI=1S/C19H13N5.2C9H17NO2/c1-3-13(15-8-18-19(20-9-15)24-11-23-18)4-2-12(1)14-5-6-16-17(7-14)22-10-21-16;2*1-9(2,3)12-8(11)10-6-4-5-7-10/h1-11H,(H,21,22)(H,20,23,24);2*4-7H2,1-3H3. The fraction of sp³-hybridized carbons (Fsp3) is 0.432. The zero-order chi connectivity index (χ0) is 34.3. The zero-order valence-electron chi connectivity index (χ0n) is 28.9. The number of nitrogens with one attached hydrogen (secondary N) is 2. The predicted octanol–water partition coefficient (Wildman–Crippen LogP) is 8.20. The third-order valence-corrected chi connectivity index (χ3v) is 7.76. The molecule has 2 fully saturated rings. The summed E-state index contributed by atoms with van der Waals surface area (Å²) in [5, 5.41) is 0. The van der Waals surface area contributed by atoms with E-state index in [-0.39, 0.29) is 23.4 Å². The highest BCUT2D eigenvalue weighted by atomic mass is 16.6. The Hall–Kier alpha value is -4.93. The molecular weight excluding hydrogens is 606 g/mol. The molecule has 3 aromatic heterocycles. The van der Waals surface area contributed by atoms with Gasteiger partial charge in [-0.1, -0.05) is 30.3 Å². The number of carbonyl (C=O) groups excluding carboxylic acids is 2. The third-order valence-electron chi connectivity index (χ3n) is 7.76. The maximum Gasteiger partial charge on any atom is 0.410 e. The predicted molar refractivity (Wildman–Crippen MR) is 188 cm³/mol. The highest BCUT2D eigenvalue weighted by molar-refractivity contribution is 5.83. The first kappa shape index (κ1) is 34.4. The van der Waals surface area contributed by atoms with Crippen molar-refractivity contribution in [3.63, 3.8) is 0 Å². The number of fused-ring (bicyclic) bond motifs is 2. The number of hydrogen-bond acceptors (Lipinski definition) is 7. The largest absolute Gasteiger partial charge is 0.444 e. The number of carbonyl (C=O) groups is 2. The number of aromatic nitrogens is 5. The number of aromatic amines is 2. The Kier molecular flexibility index (Phi) is 10.7. The second-order valence-electron chi connectivity index (χ2n) is 14.1. The van der Waals surface area contributed by atoms with Gasteiger partial charge in [-0.3, -0.25) is 0 Å². The molecule has 0 radical (unpaired) electrons. The summed E-state index contributed by atoms with van der Waals surface area (Å²) in [6.07, 6.45) is 9.35. The van der Waals surface area contributed by atoms with E-state index in [1.807, 2.05) is 53.8 Å². The quantitative estimate of drug-likeness (QED) is 0.196. The summed E-state index contributed by atoms with van der Waals surface area (Å²) in [5.74, 6) is 0. The van der Waals surface area contributed by atoms with Gasteiger partial charge in [-0.05, 0) is 102 Å². The minimum atomic E-state index is -0.361. The van der Waals surface area contributed by atoms with Gasteiger partial charge >= 0.3 is 12.2 Å². The van der Waals surface area contributed by atoms with Gasteiger partial charge in [0.15, 0.2) is 5.65 Å². The van der Waals surface area contributed by atoms with E-state index >= 15 is 0 Å². The van der Waals surface area contributed by atoms with Crippen LogP contribution in [0.3, 0.4) is 0 Å². The number of amides is 2. The monoisotopic (exact) mass is 653 g/mol. The molecule has 2 saturated heterocycles. The molecule has 254 valence electrons. The Balaban J connectivity index is 0.000000159. The lowest BCUT2D eigenvalue weighted by atomic mass is 10.0. The summed E-state index contributed by atoms with van der Waals surface area (Å²) in [7, 11) is 0. The van der Waals surface area contributed by atoms with Crippen LogP contribution in [-0.4, -0.2) is 84.3 Å². The molecule has 2 aliphatic heterocycles. The number of hydrogen-bond donors (Lipinski definition) is 2. The van der Waals surface area contributed by atoms with Crippen LogP contribution in [0, 0.1) is 0 Å². The van der Waals surface area contributed by atoms with Gasteiger partial charge in [0, 0.05) is 37.9 Å². The Bertz CT molecular complexity index is 1670. The van der Waals surface area contributed by atoms with Crippen LogP contribution in [0.25, 0.3) is 44.5 Å². The van der Waals surface area contributed by atoms with Gasteiger partial charge in [-0.25, -0.2) is 24.5 Å². The van der Waals surface area contributed by atoms with Crippen molar-refractivity contribution in [1.29, 1.82) is 0 Å². The number of rotatable bonds is 2. The average Bonchev–Trinajstić information content (AvgIpc) is 3.87. The molecule has 2 N–H and O–H groups in total. The lowest BCUT2D eigenvalue weighted by Gasteiger charge is -2.23. The van der Waals surface area contributed by atoms with Crippen LogP contribution in [0.2, 0.25) is 0 Å². The molecule has 48 heavy (non-hydrogen) atoms. The molecule has 5 aromatic rings. The van der Waals surface area contributed by atoms with Crippen LogP contribution < -0.4 is 0 Å². The molecule has 7 rings (SSSR count). The first-order chi connectivity index (χ1) is 22.8. The van der Waals surface area contributed by atoms with E-state index in [9.17, 15) is 9.59 Å². The molecule has 2 amide bonds. The molecule has 0 saturated carbocycles. The smallest absolute Gasteiger partial charge is 0.410 e. The van der Waals surface area contributed by atoms with Gasteiger partial charge in [0.25, 0.3) is 0 Å². The van der Waals surface area contributed by atoms with Crippen LogP contribution in [0.1, 0.15) is 67.2 Å². The molecule has 5 heterocycles. The van der Waals surface area contributed by atoms with E-state index < -0.39 is 0 Å². The van der Waals surface area contributed by atoms with Crippen LogP contribution in [0.5, 0.6) is 0 Å². The van der Waals surface area contributed by atoms with Crippen molar-refractivity contribution in [3.05, 3.63) is 67.4 Å². The van der Waals surface area contributed by atoms with E-state index in [0.29, 0.717) is 0 Å². The van der Waals surface area contributed by atoms with Gasteiger partial charge in [-0.15, -0.1) is 0 Å². The van der Waals surface area contributed by atoms with Gasteiger partial charge in [0.1, 0.15) is 11.2 Å². The van der Waals surface area contributed by atoms with Crippen molar-refractivity contribution in [1.82, 2.24) is 34.7 Å². The highest BCUT2D eigenvalue weighted by Gasteiger charge is 2.25. The topological polar surface area (TPSA) is 129 Å². The second-order valence-corrected chi connectivity index (χ2v) is 14.1. The normalized spacial score (nSPS) is 14.7. The summed E-state index contributed by atoms with van der Waals surface area (Å²) in [4.78, 5) is 45.3. The molecule has 0 atom stereocenters. The van der Waals surface area contributed by atoms with Crippen LogP contribution in [0.15, 0.2) is 67.4 Å². The Labute approximate surface area is 282 Å². The SMILES string of the molecule is CC(C)(C)OC(=O)N1CCCC1.CC(C)(C)OC(=O)N1CCCC1.c1nc2ccc(-c3ccc(-c4cnc5nc[nH]c5c4)cc3)cc2[nH]1. The minimum Gasteiger partial charge on any atom is -0.444 e. The van der Waals surface area contributed by atoms with Crippen LogP contribution >= 0.6 is 0 Å². The molecule has 0 unspecified atom stereocenters. The van der Waals surface area contributed by atoms with Crippen LogP contribution in [0.4, 0.5) is 9.59 Å². The summed E-state index contributed by atoms with van der Waals surface area (Å²) in [6.45, 7) is 14.8. The molecular formula is C37H47N7O4. The summed E-state index contributed by atoms with van der Waals surface area (Å²) >= 11 is 0. The molecule has 0 bridgehead atoms. The van der Waals surface area contributed by atoms with Gasteiger partial charge in [0.05, 0.1) is 29.2 Å². The Morgan fingerprint density at radius 1 is 0.604 bits per heavy atom. The van der Waals surface area contributed by atoms with Crippen molar-refractivity contribution in [2.75, 3.05) is 26.2 Å². The lowest BCUT2D eigenvalue weighted by molar-refractivity contribution is 0.0284. The number of pyridine rings is 1. The number of nitrogens with zero attached hydrogens (tertiary/aromatic N) is 5. The molecule has 0 aliphatic carbocycles. The van der Waals surface area contributed by atoms with E-state index in [0.717, 1.165) is 85.2 Å². The zero-order valence-corrected chi connectivity index (χ0v) is 28.9. The molecule has 2 aromatic carbocycles. The maximum absolute atomic E-state index is 11.4. The number of ether oxygens (including phenoxy) is 2. The minimum absolute atomic E-state index is 0.167. The van der Waals surface area contributed by atoms with Crippen molar-refractivity contribution >= 4 is 34.4 Å². The lowest BCUT2D eigenvalue weighted by Crippen LogP contribution is -2.34. The summed E-state index contributed by atoms with van der Waals surface area (Å²) in [5.41, 5.74) is 7.53. The van der Waals surface area contributed by atoms with Crippen molar-refractivity contribution < 1.29 is 19.1 Å². The Morgan fingerprint density at radius 2 is 1.06 bits per heavy atom. The van der Waals surface area contributed by atoms with Crippen molar-refractivity contribution in [2.45, 2.75) is 78.4 Å². The van der Waals surface area contributed by atoms with Crippen LogP contribution in [-0.2, 0) is 9.47 Å². The van der Waals surface area contributed by atoms with Gasteiger partial charge in [-0.2, -0.15) is 0 Å². The average molecular weight is 654 g/mol. The van der Waals surface area contributed by atoms with Crippen molar-refractivity contribution in [2.24, 2.45) is 0 Å². The number of H-pyrrole nitrogens is 2. The molecule has 11 heteroatoms. The highest BCUT2D eigenvalue weighted by Crippen LogP contribution is 2.27. The molecule has 2 aliphatic rings. The van der Waals surface area contributed by atoms with Gasteiger partial charge in [0.2, 0.25) is 0 Å². The van der Waals surface area contributed by atoms with E-state index in [1.165, 1.54) is 11.1 Å². The number of benzene rings is 2. The fourth-order valence-corrected chi connectivity index (χ4v) is 5.41. The van der Waals surface area contributed by atoms with Crippen molar-refractivity contribution in [3.8, 4) is 22.3 Å². The fourth-order valence-electron chi connectivity index (χ4n) is 5.41. The summed E-state index contributed by atoms with van der Waals surface area (Å²) < 4.78 is 10.4. The molecule has 0 spiro atoms. The number of imidazole rings is 2. The third kappa shape index (κ3) is 9.56. The van der Waals surface area contributed by atoms with E-state index in [1.54, 1.807) is 22.5 Å². The Morgan fingerprint density at radius 3 is 1.60 bits per heavy atom. The van der Waals surface area contributed by atoms with E-state index in [2.05, 4.69) is 67.4 Å².